The highest BCUT2D eigenvalue weighted by atomic mass is 14.2. The van der Waals surface area contributed by atoms with Crippen LogP contribution in [0, 0.1) is 0 Å². The van der Waals surface area contributed by atoms with Gasteiger partial charge in [0.2, 0.25) is 0 Å². The molecule has 0 saturated heterocycles. The first-order chi connectivity index (χ1) is 24.8. The molecule has 0 aromatic heterocycles. The molecule has 0 nitrogen and oxygen atoms in total. The lowest BCUT2D eigenvalue weighted by atomic mass is 9.82. The SMILES string of the molecule is c1ccc(-c2ccc(-c3ccccc3)c(-c3c4ccccc4c(-c4cccc5cc6ccc7ccccc7c6cc45)c4ccccc34)c2)cc1. The molecule has 0 amide bonds. The number of hydrogen-bond donors (Lipinski definition) is 0. The van der Waals surface area contributed by atoms with E-state index in [4.69, 9.17) is 0 Å². The summed E-state index contributed by atoms with van der Waals surface area (Å²) in [6.45, 7) is 0. The Kier molecular flexibility index (Phi) is 6.60. The van der Waals surface area contributed by atoms with Crippen molar-refractivity contribution in [2.24, 2.45) is 0 Å². The smallest absolute Gasteiger partial charge is 0.00199 e. The normalized spacial score (nSPS) is 11.6. The summed E-state index contributed by atoms with van der Waals surface area (Å²) in [7, 11) is 0. The Balaban J connectivity index is 1.32. The molecule has 0 radical (unpaired) electrons. The largest absolute Gasteiger partial charge is 0.0622 e. The van der Waals surface area contributed by atoms with Crippen LogP contribution in [0.4, 0.5) is 0 Å². The van der Waals surface area contributed by atoms with Crippen LogP contribution in [0.3, 0.4) is 0 Å². The summed E-state index contributed by atoms with van der Waals surface area (Å²) in [5.41, 5.74) is 9.94. The van der Waals surface area contributed by atoms with E-state index in [2.05, 4.69) is 194 Å². The van der Waals surface area contributed by atoms with Gasteiger partial charge in [-0.05, 0) is 117 Å². The van der Waals surface area contributed by atoms with Gasteiger partial charge >= 0.3 is 0 Å². The van der Waals surface area contributed by atoms with Crippen molar-refractivity contribution in [2.45, 2.75) is 0 Å². The van der Waals surface area contributed by atoms with Gasteiger partial charge in [0, 0.05) is 0 Å². The van der Waals surface area contributed by atoms with E-state index in [1.54, 1.807) is 0 Å². The highest BCUT2D eigenvalue weighted by molar-refractivity contribution is 6.25. The molecule has 0 bridgehead atoms. The van der Waals surface area contributed by atoms with E-state index in [1.807, 2.05) is 0 Å². The molecular weight excluding hydrogens is 601 g/mol. The van der Waals surface area contributed by atoms with Gasteiger partial charge in [-0.3, -0.25) is 0 Å². The lowest BCUT2D eigenvalue weighted by Crippen LogP contribution is -1.94. The van der Waals surface area contributed by atoms with Crippen molar-refractivity contribution in [3.8, 4) is 44.5 Å². The Bertz CT molecular complexity index is 2840. The van der Waals surface area contributed by atoms with Gasteiger partial charge in [0.25, 0.3) is 0 Å². The third kappa shape index (κ3) is 4.54. The van der Waals surface area contributed by atoms with Crippen molar-refractivity contribution in [3.05, 3.63) is 194 Å². The second-order valence-corrected chi connectivity index (χ2v) is 13.2. The van der Waals surface area contributed by atoms with E-state index in [0.717, 1.165) is 0 Å². The second-order valence-electron chi connectivity index (χ2n) is 13.2. The Morgan fingerprint density at radius 1 is 0.200 bits per heavy atom. The molecule has 0 aliphatic rings. The molecule has 0 N–H and O–H groups in total. The molecule has 0 unspecified atom stereocenters. The first kappa shape index (κ1) is 28.5. The molecule has 0 saturated carbocycles. The average molecular weight is 633 g/mol. The maximum atomic E-state index is 2.43. The fourth-order valence-electron chi connectivity index (χ4n) is 8.14. The number of rotatable bonds is 4. The number of benzene rings is 10. The Hall–Kier alpha value is -6.50. The van der Waals surface area contributed by atoms with Crippen molar-refractivity contribution in [1.29, 1.82) is 0 Å². The van der Waals surface area contributed by atoms with Crippen LogP contribution >= 0.6 is 0 Å². The van der Waals surface area contributed by atoms with Crippen molar-refractivity contribution >= 4 is 53.9 Å². The van der Waals surface area contributed by atoms with Crippen LogP contribution in [0.5, 0.6) is 0 Å². The van der Waals surface area contributed by atoms with Gasteiger partial charge in [-0.2, -0.15) is 0 Å². The van der Waals surface area contributed by atoms with Gasteiger partial charge in [0.05, 0.1) is 0 Å². The van der Waals surface area contributed by atoms with Gasteiger partial charge in [-0.1, -0.05) is 176 Å². The Labute approximate surface area is 291 Å². The van der Waals surface area contributed by atoms with Crippen LogP contribution in [0.2, 0.25) is 0 Å². The van der Waals surface area contributed by atoms with Crippen LogP contribution in [0.15, 0.2) is 194 Å². The summed E-state index contributed by atoms with van der Waals surface area (Å²) in [5.74, 6) is 0. The van der Waals surface area contributed by atoms with Gasteiger partial charge < -0.3 is 0 Å². The third-order valence-corrected chi connectivity index (χ3v) is 10.4. The monoisotopic (exact) mass is 632 g/mol. The van der Waals surface area contributed by atoms with Crippen LogP contribution in [-0.2, 0) is 0 Å². The van der Waals surface area contributed by atoms with E-state index in [1.165, 1.54) is 98.4 Å². The highest BCUT2D eigenvalue weighted by Crippen LogP contribution is 2.48. The zero-order valence-corrected chi connectivity index (χ0v) is 27.5. The first-order valence-corrected chi connectivity index (χ1v) is 17.4. The molecule has 10 aromatic rings. The summed E-state index contributed by atoms with van der Waals surface area (Å²) in [5, 5.41) is 12.7. The van der Waals surface area contributed by atoms with Crippen molar-refractivity contribution < 1.29 is 0 Å². The fraction of sp³-hybridized carbons (Fsp3) is 0. The van der Waals surface area contributed by atoms with Crippen LogP contribution < -0.4 is 0 Å². The highest BCUT2D eigenvalue weighted by Gasteiger charge is 2.21. The quantitative estimate of drug-likeness (QED) is 0.134. The molecule has 10 aromatic carbocycles. The average Bonchev–Trinajstić information content (AvgIpc) is 3.19. The number of hydrogen-bond acceptors (Lipinski definition) is 0. The van der Waals surface area contributed by atoms with E-state index in [-0.39, 0.29) is 0 Å². The molecule has 0 spiro atoms. The third-order valence-electron chi connectivity index (χ3n) is 10.4. The van der Waals surface area contributed by atoms with Crippen molar-refractivity contribution in [2.75, 3.05) is 0 Å². The molecule has 0 fully saturated rings. The van der Waals surface area contributed by atoms with E-state index < -0.39 is 0 Å². The topological polar surface area (TPSA) is 0 Å². The molecule has 0 aliphatic heterocycles. The summed E-state index contributed by atoms with van der Waals surface area (Å²) < 4.78 is 0. The predicted molar refractivity (Wildman–Crippen MR) is 216 cm³/mol. The first-order valence-electron chi connectivity index (χ1n) is 17.4. The van der Waals surface area contributed by atoms with Gasteiger partial charge in [-0.15, -0.1) is 0 Å². The minimum Gasteiger partial charge on any atom is -0.0622 e. The van der Waals surface area contributed by atoms with Crippen LogP contribution in [-0.4, -0.2) is 0 Å². The Morgan fingerprint density at radius 2 is 0.720 bits per heavy atom. The number of fused-ring (bicyclic) bond motifs is 6. The molecule has 0 atom stereocenters. The summed E-state index contributed by atoms with van der Waals surface area (Å²) in [6, 6.07) is 71.4. The van der Waals surface area contributed by atoms with Crippen molar-refractivity contribution in [3.63, 3.8) is 0 Å². The standard InChI is InChI=1S/C50H32/c1-3-14-33(15-4-1)36-28-29-40(34-16-5-2-6-17-34)48(31-36)50-43-23-11-9-21-41(43)49(42-22-10-12-24-44(42)50)45-25-13-19-37-30-38-27-26-35-18-7-8-20-39(35)46(38)32-47(37)45/h1-32H. The lowest BCUT2D eigenvalue weighted by Gasteiger charge is -2.21. The van der Waals surface area contributed by atoms with Gasteiger partial charge in [0.1, 0.15) is 0 Å². The van der Waals surface area contributed by atoms with Gasteiger partial charge in [0.15, 0.2) is 0 Å². The van der Waals surface area contributed by atoms with Crippen LogP contribution in [0.25, 0.3) is 98.4 Å². The van der Waals surface area contributed by atoms with E-state index in [9.17, 15) is 0 Å². The molecule has 50 heavy (non-hydrogen) atoms. The van der Waals surface area contributed by atoms with E-state index in [0.29, 0.717) is 0 Å². The maximum absolute atomic E-state index is 2.43. The molecule has 232 valence electrons. The summed E-state index contributed by atoms with van der Waals surface area (Å²) in [4.78, 5) is 0. The zero-order valence-electron chi connectivity index (χ0n) is 27.5. The molecule has 0 heteroatoms. The molecule has 10 rings (SSSR count). The molecular formula is C50H32. The summed E-state index contributed by atoms with van der Waals surface area (Å²) in [6.07, 6.45) is 0. The summed E-state index contributed by atoms with van der Waals surface area (Å²) >= 11 is 0. The second kappa shape index (κ2) is 11.6. The van der Waals surface area contributed by atoms with E-state index >= 15 is 0 Å². The molecule has 0 heterocycles. The van der Waals surface area contributed by atoms with Crippen LogP contribution in [0.1, 0.15) is 0 Å². The lowest BCUT2D eigenvalue weighted by molar-refractivity contribution is 1.58. The minimum absolute atomic E-state index is 1.21. The van der Waals surface area contributed by atoms with Gasteiger partial charge in [-0.25, -0.2) is 0 Å². The maximum Gasteiger partial charge on any atom is -0.00199 e. The Morgan fingerprint density at radius 3 is 1.40 bits per heavy atom. The predicted octanol–water partition coefficient (Wildman–Crippen LogP) is 14.1. The van der Waals surface area contributed by atoms with Crippen molar-refractivity contribution in [1.82, 2.24) is 0 Å². The zero-order chi connectivity index (χ0) is 33.0. The minimum atomic E-state index is 1.21. The fourth-order valence-corrected chi connectivity index (χ4v) is 8.14. The molecule has 0 aliphatic carbocycles.